The fourth-order valence-electron chi connectivity index (χ4n) is 2.53. The molecule has 1 aromatic carbocycles. The van der Waals surface area contributed by atoms with Crippen molar-refractivity contribution in [2.24, 2.45) is 0 Å². The topological polar surface area (TPSA) is 71.5 Å². The molecular formula is C12H10ClNO4S. The summed E-state index contributed by atoms with van der Waals surface area (Å²) in [7, 11) is -3.52. The van der Waals surface area contributed by atoms with Crippen molar-refractivity contribution >= 4 is 33.1 Å². The van der Waals surface area contributed by atoms with Gasteiger partial charge in [0, 0.05) is 5.56 Å². The third kappa shape index (κ3) is 1.70. The Morgan fingerprint density at radius 2 is 1.89 bits per heavy atom. The molecule has 1 aromatic rings. The zero-order chi connectivity index (χ0) is 13.8. The number of carbonyl (C=O) groups excluding carboxylic acids is 2. The standard InChI is InChI=1S/C12H10ClNO4S/c13-9-11(16)14-8(6-19(17,18)12(9)14)10(15)7-4-2-1-3-5-7/h1-5,8-9,12H,6H2/t8?,9-,12-/m0/s1. The molecule has 0 N–H and O–H groups in total. The van der Waals surface area contributed by atoms with Crippen molar-refractivity contribution in [1.29, 1.82) is 0 Å². The molecule has 19 heavy (non-hydrogen) atoms. The van der Waals surface area contributed by atoms with Gasteiger partial charge in [-0.25, -0.2) is 8.42 Å². The van der Waals surface area contributed by atoms with Crippen LogP contribution in [-0.2, 0) is 14.6 Å². The quantitative estimate of drug-likeness (QED) is 0.451. The van der Waals surface area contributed by atoms with Crippen molar-refractivity contribution < 1.29 is 18.0 Å². The van der Waals surface area contributed by atoms with Gasteiger partial charge in [0.25, 0.3) is 0 Å². The molecule has 2 aliphatic heterocycles. The smallest absolute Gasteiger partial charge is 0.245 e. The number of benzene rings is 1. The molecule has 0 aliphatic carbocycles. The normalized spacial score (nSPS) is 31.7. The van der Waals surface area contributed by atoms with Crippen molar-refractivity contribution in [3.63, 3.8) is 0 Å². The number of halogens is 1. The molecule has 1 unspecified atom stereocenters. The van der Waals surface area contributed by atoms with Gasteiger partial charge in [0.05, 0.1) is 5.75 Å². The summed E-state index contributed by atoms with van der Waals surface area (Å²) in [6, 6.07) is 7.40. The molecule has 3 rings (SSSR count). The van der Waals surface area contributed by atoms with Gasteiger partial charge in [-0.1, -0.05) is 30.3 Å². The number of Topliss-reactive ketones (excluding diaryl/α,β-unsaturated/α-hetero) is 1. The van der Waals surface area contributed by atoms with E-state index in [1.54, 1.807) is 30.3 Å². The summed E-state index contributed by atoms with van der Waals surface area (Å²) >= 11 is 5.72. The van der Waals surface area contributed by atoms with Crippen LogP contribution in [0.5, 0.6) is 0 Å². The van der Waals surface area contributed by atoms with Gasteiger partial charge >= 0.3 is 0 Å². The summed E-state index contributed by atoms with van der Waals surface area (Å²) in [5.41, 5.74) is 0.397. The van der Waals surface area contributed by atoms with Gasteiger partial charge in [0.15, 0.2) is 21.0 Å². The number of rotatable bonds is 2. The zero-order valence-electron chi connectivity index (χ0n) is 9.69. The fraction of sp³-hybridized carbons (Fsp3) is 0.333. The molecule has 0 aromatic heterocycles. The molecule has 0 saturated carbocycles. The highest BCUT2D eigenvalue weighted by molar-refractivity contribution is 7.92. The van der Waals surface area contributed by atoms with E-state index in [2.05, 4.69) is 0 Å². The van der Waals surface area contributed by atoms with E-state index in [4.69, 9.17) is 11.6 Å². The van der Waals surface area contributed by atoms with Crippen LogP contribution >= 0.6 is 11.6 Å². The Morgan fingerprint density at radius 1 is 1.26 bits per heavy atom. The van der Waals surface area contributed by atoms with Crippen LogP contribution in [0.1, 0.15) is 10.4 Å². The highest BCUT2D eigenvalue weighted by Gasteiger charge is 2.63. The minimum absolute atomic E-state index is 0.347. The molecule has 0 bridgehead atoms. The van der Waals surface area contributed by atoms with Gasteiger partial charge in [-0.15, -0.1) is 11.6 Å². The van der Waals surface area contributed by atoms with E-state index < -0.39 is 32.5 Å². The molecule has 7 heteroatoms. The molecule has 2 fully saturated rings. The lowest BCUT2D eigenvalue weighted by Gasteiger charge is -2.39. The van der Waals surface area contributed by atoms with Crippen molar-refractivity contribution in [3.05, 3.63) is 35.9 Å². The molecule has 0 spiro atoms. The van der Waals surface area contributed by atoms with Crippen LogP contribution in [0, 0.1) is 0 Å². The lowest BCUT2D eigenvalue weighted by Crippen LogP contribution is -2.64. The highest BCUT2D eigenvalue weighted by atomic mass is 35.5. The molecule has 0 radical (unpaired) electrons. The first-order chi connectivity index (χ1) is 8.93. The van der Waals surface area contributed by atoms with Crippen LogP contribution in [0.4, 0.5) is 0 Å². The Hall–Kier alpha value is -1.40. The highest BCUT2D eigenvalue weighted by Crippen LogP contribution is 2.39. The minimum Gasteiger partial charge on any atom is -0.311 e. The maximum atomic E-state index is 12.3. The number of nitrogens with zero attached hydrogens (tertiary/aromatic N) is 1. The van der Waals surface area contributed by atoms with Gasteiger partial charge < -0.3 is 4.90 Å². The molecule has 2 saturated heterocycles. The Kier molecular flexibility index (Phi) is 2.69. The summed E-state index contributed by atoms with van der Waals surface area (Å²) in [5.74, 6) is -1.19. The van der Waals surface area contributed by atoms with E-state index in [-0.39, 0.29) is 11.5 Å². The van der Waals surface area contributed by atoms with Crippen molar-refractivity contribution in [3.8, 4) is 0 Å². The van der Waals surface area contributed by atoms with Gasteiger partial charge in [-0.05, 0) is 0 Å². The van der Waals surface area contributed by atoms with Crippen LogP contribution in [0.3, 0.4) is 0 Å². The molecule has 3 atom stereocenters. The van der Waals surface area contributed by atoms with Crippen LogP contribution < -0.4 is 0 Å². The molecule has 2 heterocycles. The predicted molar refractivity (Wildman–Crippen MR) is 68.6 cm³/mol. The molecule has 5 nitrogen and oxygen atoms in total. The number of carbonyl (C=O) groups is 2. The third-order valence-corrected chi connectivity index (χ3v) is 6.06. The second kappa shape index (κ2) is 4.05. The number of hydrogen-bond donors (Lipinski definition) is 0. The van der Waals surface area contributed by atoms with Crippen molar-refractivity contribution in [2.75, 3.05) is 5.75 Å². The zero-order valence-corrected chi connectivity index (χ0v) is 11.3. The molecular weight excluding hydrogens is 290 g/mol. The average molecular weight is 300 g/mol. The second-order valence-corrected chi connectivity index (χ2v) is 7.23. The number of alkyl halides is 1. The Labute approximate surface area is 115 Å². The van der Waals surface area contributed by atoms with Gasteiger partial charge in [-0.2, -0.15) is 0 Å². The van der Waals surface area contributed by atoms with E-state index in [9.17, 15) is 18.0 Å². The number of fused-ring (bicyclic) bond motifs is 1. The number of sulfone groups is 1. The van der Waals surface area contributed by atoms with Crippen molar-refractivity contribution in [2.45, 2.75) is 16.8 Å². The average Bonchev–Trinajstić information content (AvgIpc) is 2.67. The summed E-state index contributed by atoms with van der Waals surface area (Å²) in [5, 5.41) is -2.10. The predicted octanol–water partition coefficient (Wildman–Crippen LogP) is 0.442. The molecule has 100 valence electrons. The molecule has 1 amide bonds. The SMILES string of the molecule is O=C(c1ccccc1)C1CS(=O)(=O)[C@H]2[C@@H](Cl)C(=O)N12. The maximum absolute atomic E-state index is 12.3. The second-order valence-electron chi connectivity index (χ2n) is 4.61. The first-order valence-corrected chi connectivity index (χ1v) is 7.86. The van der Waals surface area contributed by atoms with E-state index >= 15 is 0 Å². The number of ketones is 1. The lowest BCUT2D eigenvalue weighted by atomic mass is 10.0. The fourth-order valence-corrected chi connectivity index (χ4v) is 5.26. The van der Waals surface area contributed by atoms with Crippen LogP contribution in [0.2, 0.25) is 0 Å². The summed E-state index contributed by atoms with van der Waals surface area (Å²) in [6.45, 7) is 0. The van der Waals surface area contributed by atoms with Gasteiger partial charge in [0.1, 0.15) is 11.4 Å². The van der Waals surface area contributed by atoms with E-state index in [0.29, 0.717) is 5.56 Å². The number of amides is 1. The van der Waals surface area contributed by atoms with Crippen LogP contribution in [-0.4, -0.2) is 47.6 Å². The van der Waals surface area contributed by atoms with Crippen LogP contribution in [0.25, 0.3) is 0 Å². The summed E-state index contributed by atoms with van der Waals surface area (Å²) in [6.07, 6.45) is 0. The Bertz CT molecular complexity index is 658. The molecule has 2 aliphatic rings. The first kappa shape index (κ1) is 12.6. The minimum atomic E-state index is -3.52. The summed E-state index contributed by atoms with van der Waals surface area (Å²) < 4.78 is 23.8. The van der Waals surface area contributed by atoms with E-state index in [0.717, 1.165) is 4.90 Å². The van der Waals surface area contributed by atoms with E-state index in [1.165, 1.54) is 0 Å². The third-order valence-electron chi connectivity index (χ3n) is 3.47. The first-order valence-electron chi connectivity index (χ1n) is 5.70. The van der Waals surface area contributed by atoms with Gasteiger partial charge in [-0.3, -0.25) is 9.59 Å². The van der Waals surface area contributed by atoms with E-state index in [1.807, 2.05) is 0 Å². The Morgan fingerprint density at radius 3 is 2.53 bits per heavy atom. The summed E-state index contributed by atoms with van der Waals surface area (Å²) in [4.78, 5) is 25.0. The van der Waals surface area contributed by atoms with Gasteiger partial charge in [0.2, 0.25) is 5.91 Å². The van der Waals surface area contributed by atoms with Crippen LogP contribution in [0.15, 0.2) is 30.3 Å². The maximum Gasteiger partial charge on any atom is 0.245 e. The lowest BCUT2D eigenvalue weighted by molar-refractivity contribution is -0.141. The largest absolute Gasteiger partial charge is 0.311 e. The monoisotopic (exact) mass is 299 g/mol. The number of hydrogen-bond acceptors (Lipinski definition) is 4. The van der Waals surface area contributed by atoms with Crippen molar-refractivity contribution in [1.82, 2.24) is 4.90 Å². The Balaban J connectivity index is 1.96. The number of β-lactam (4-membered cyclic amide) rings is 1.